The highest BCUT2D eigenvalue weighted by atomic mass is 16.5. The second-order valence-corrected chi connectivity index (χ2v) is 4.60. The zero-order valence-electron chi connectivity index (χ0n) is 11.5. The van der Waals surface area contributed by atoms with Gasteiger partial charge < -0.3 is 19.9 Å². The summed E-state index contributed by atoms with van der Waals surface area (Å²) in [6.45, 7) is 0.612. The van der Waals surface area contributed by atoms with Crippen LogP contribution in [0.5, 0.6) is 5.75 Å². The van der Waals surface area contributed by atoms with Gasteiger partial charge >= 0.3 is 6.03 Å². The first-order chi connectivity index (χ1) is 9.11. The van der Waals surface area contributed by atoms with Gasteiger partial charge in [0.05, 0.1) is 7.11 Å². The maximum absolute atomic E-state index is 11.4. The predicted molar refractivity (Wildman–Crippen MR) is 75.6 cm³/mol. The quantitative estimate of drug-likeness (QED) is 0.884. The van der Waals surface area contributed by atoms with Crippen molar-refractivity contribution in [3.05, 3.63) is 30.0 Å². The van der Waals surface area contributed by atoms with Crippen molar-refractivity contribution >= 4 is 16.9 Å². The van der Waals surface area contributed by atoms with E-state index >= 15 is 0 Å². The van der Waals surface area contributed by atoms with E-state index in [1.54, 1.807) is 21.2 Å². The summed E-state index contributed by atoms with van der Waals surface area (Å²) in [6.07, 6.45) is 2.76. The van der Waals surface area contributed by atoms with Gasteiger partial charge in [-0.2, -0.15) is 0 Å². The van der Waals surface area contributed by atoms with Crippen molar-refractivity contribution in [2.24, 2.45) is 0 Å². The van der Waals surface area contributed by atoms with Crippen molar-refractivity contribution in [1.82, 2.24) is 15.2 Å². The molecule has 19 heavy (non-hydrogen) atoms. The topological polar surface area (TPSA) is 57.4 Å². The molecule has 0 aliphatic rings. The normalized spacial score (nSPS) is 10.5. The maximum Gasteiger partial charge on any atom is 0.316 e. The van der Waals surface area contributed by atoms with E-state index in [9.17, 15) is 4.79 Å². The minimum absolute atomic E-state index is 0.0718. The average Bonchev–Trinajstić information content (AvgIpc) is 2.81. The second-order valence-electron chi connectivity index (χ2n) is 4.60. The van der Waals surface area contributed by atoms with E-state index in [1.165, 1.54) is 10.5 Å². The van der Waals surface area contributed by atoms with Crippen LogP contribution in [0.1, 0.15) is 5.56 Å². The number of fused-ring (bicyclic) bond motifs is 1. The van der Waals surface area contributed by atoms with Gasteiger partial charge in [-0.1, -0.05) is 0 Å². The molecular weight excluding hydrogens is 242 g/mol. The lowest BCUT2D eigenvalue weighted by Crippen LogP contribution is -2.35. The highest BCUT2D eigenvalue weighted by Crippen LogP contribution is 2.23. The van der Waals surface area contributed by atoms with Gasteiger partial charge in [0.15, 0.2) is 0 Å². The SMILES string of the molecule is COc1ccc2[nH]cc(CCNC(=O)N(C)C)c2c1. The van der Waals surface area contributed by atoms with Crippen LogP contribution in [0, 0.1) is 0 Å². The van der Waals surface area contributed by atoms with Gasteiger partial charge in [0.2, 0.25) is 0 Å². The first-order valence-electron chi connectivity index (χ1n) is 6.21. The number of nitrogens with zero attached hydrogens (tertiary/aromatic N) is 1. The number of H-pyrrole nitrogens is 1. The number of urea groups is 1. The molecule has 0 aliphatic carbocycles. The molecular formula is C14H19N3O2. The zero-order valence-corrected chi connectivity index (χ0v) is 11.5. The molecule has 0 radical (unpaired) electrons. The third-order valence-corrected chi connectivity index (χ3v) is 3.05. The van der Waals surface area contributed by atoms with Gasteiger partial charge in [-0.05, 0) is 30.2 Å². The van der Waals surface area contributed by atoms with Crippen LogP contribution in [0.3, 0.4) is 0 Å². The molecule has 2 amide bonds. The summed E-state index contributed by atoms with van der Waals surface area (Å²) in [5, 5.41) is 3.99. The van der Waals surface area contributed by atoms with E-state index in [1.807, 2.05) is 24.4 Å². The highest BCUT2D eigenvalue weighted by Gasteiger charge is 2.06. The fourth-order valence-electron chi connectivity index (χ4n) is 1.95. The standard InChI is InChI=1S/C14H19N3O2/c1-17(2)14(18)15-7-6-10-9-16-13-5-4-11(19-3)8-12(10)13/h4-5,8-9,16H,6-7H2,1-3H3,(H,15,18). The lowest BCUT2D eigenvalue weighted by atomic mass is 10.1. The van der Waals surface area contributed by atoms with E-state index in [2.05, 4.69) is 10.3 Å². The Hall–Kier alpha value is -2.17. The Morgan fingerprint density at radius 2 is 2.21 bits per heavy atom. The number of carbonyl (C=O) groups is 1. The van der Waals surface area contributed by atoms with Crippen LogP contribution in [0.2, 0.25) is 0 Å². The Bertz CT molecular complexity index is 575. The molecule has 2 aromatic rings. The summed E-state index contributed by atoms with van der Waals surface area (Å²) in [5.41, 5.74) is 2.25. The van der Waals surface area contributed by atoms with Crippen LogP contribution >= 0.6 is 0 Å². The molecule has 0 fully saturated rings. The van der Waals surface area contributed by atoms with E-state index in [-0.39, 0.29) is 6.03 Å². The van der Waals surface area contributed by atoms with Gasteiger partial charge in [0, 0.05) is 37.7 Å². The Morgan fingerprint density at radius 1 is 1.42 bits per heavy atom. The number of aromatic amines is 1. The molecule has 1 aromatic carbocycles. The number of amides is 2. The molecule has 5 heteroatoms. The second kappa shape index (κ2) is 5.65. The van der Waals surface area contributed by atoms with Crippen LogP contribution in [0.4, 0.5) is 4.79 Å². The summed E-state index contributed by atoms with van der Waals surface area (Å²) < 4.78 is 5.23. The molecule has 2 N–H and O–H groups in total. The van der Waals surface area contributed by atoms with Gasteiger partial charge in [-0.3, -0.25) is 0 Å². The average molecular weight is 261 g/mol. The minimum Gasteiger partial charge on any atom is -0.497 e. The molecule has 2 rings (SSSR count). The summed E-state index contributed by atoms with van der Waals surface area (Å²) in [4.78, 5) is 16.2. The molecule has 0 aliphatic heterocycles. The molecule has 0 bridgehead atoms. The molecule has 0 saturated heterocycles. The van der Waals surface area contributed by atoms with Crippen LogP contribution in [-0.2, 0) is 6.42 Å². The molecule has 0 saturated carbocycles. The highest BCUT2D eigenvalue weighted by molar-refractivity contribution is 5.84. The van der Waals surface area contributed by atoms with E-state index in [0.29, 0.717) is 6.54 Å². The maximum atomic E-state index is 11.4. The van der Waals surface area contributed by atoms with Crippen molar-refractivity contribution in [2.75, 3.05) is 27.7 Å². The van der Waals surface area contributed by atoms with Crippen LogP contribution in [-0.4, -0.2) is 43.7 Å². The monoisotopic (exact) mass is 261 g/mol. The Morgan fingerprint density at radius 3 is 2.89 bits per heavy atom. The third kappa shape index (κ3) is 2.99. The number of methoxy groups -OCH3 is 1. The van der Waals surface area contributed by atoms with E-state index in [0.717, 1.165) is 23.1 Å². The van der Waals surface area contributed by atoms with E-state index < -0.39 is 0 Å². The molecule has 102 valence electrons. The molecule has 1 heterocycles. The van der Waals surface area contributed by atoms with Crippen molar-refractivity contribution in [1.29, 1.82) is 0 Å². The summed E-state index contributed by atoms with van der Waals surface area (Å²) >= 11 is 0. The smallest absolute Gasteiger partial charge is 0.316 e. The lowest BCUT2D eigenvalue weighted by Gasteiger charge is -2.11. The number of aromatic nitrogens is 1. The first kappa shape index (κ1) is 13.3. The number of carbonyl (C=O) groups excluding carboxylic acids is 1. The fourth-order valence-corrected chi connectivity index (χ4v) is 1.95. The largest absolute Gasteiger partial charge is 0.497 e. The predicted octanol–water partition coefficient (Wildman–Crippen LogP) is 1.99. The summed E-state index contributed by atoms with van der Waals surface area (Å²) in [7, 11) is 5.11. The minimum atomic E-state index is -0.0718. The van der Waals surface area contributed by atoms with Crippen molar-refractivity contribution in [3.8, 4) is 5.75 Å². The molecule has 5 nitrogen and oxygen atoms in total. The van der Waals surface area contributed by atoms with Gasteiger partial charge in [0.1, 0.15) is 5.75 Å². The number of nitrogens with one attached hydrogen (secondary N) is 2. The van der Waals surface area contributed by atoms with Crippen molar-refractivity contribution in [3.63, 3.8) is 0 Å². The molecule has 1 aromatic heterocycles. The number of benzene rings is 1. The summed E-state index contributed by atoms with van der Waals surface area (Å²) in [6, 6.07) is 5.86. The fraction of sp³-hybridized carbons (Fsp3) is 0.357. The van der Waals surface area contributed by atoms with Crippen molar-refractivity contribution in [2.45, 2.75) is 6.42 Å². The zero-order chi connectivity index (χ0) is 13.8. The Labute approximate surface area is 112 Å². The van der Waals surface area contributed by atoms with Gasteiger partial charge in [-0.25, -0.2) is 4.79 Å². The first-order valence-corrected chi connectivity index (χ1v) is 6.21. The number of ether oxygens (including phenoxy) is 1. The lowest BCUT2D eigenvalue weighted by molar-refractivity contribution is 0.217. The molecule has 0 spiro atoms. The molecule has 0 unspecified atom stereocenters. The van der Waals surface area contributed by atoms with Crippen molar-refractivity contribution < 1.29 is 9.53 Å². The Kier molecular flexibility index (Phi) is 3.94. The third-order valence-electron chi connectivity index (χ3n) is 3.05. The number of hydrogen-bond acceptors (Lipinski definition) is 2. The van der Waals surface area contributed by atoms with Gasteiger partial charge in [0.25, 0.3) is 0 Å². The van der Waals surface area contributed by atoms with Crippen LogP contribution < -0.4 is 10.1 Å². The Balaban J connectivity index is 2.06. The van der Waals surface area contributed by atoms with Gasteiger partial charge in [-0.15, -0.1) is 0 Å². The number of rotatable bonds is 4. The van der Waals surface area contributed by atoms with Crippen LogP contribution in [0.15, 0.2) is 24.4 Å². The molecule has 0 atom stereocenters. The summed E-state index contributed by atoms with van der Waals surface area (Å²) in [5.74, 6) is 0.839. The van der Waals surface area contributed by atoms with E-state index in [4.69, 9.17) is 4.74 Å². The number of hydrogen-bond donors (Lipinski definition) is 2. The van der Waals surface area contributed by atoms with Crippen LogP contribution in [0.25, 0.3) is 10.9 Å².